The van der Waals surface area contributed by atoms with Gasteiger partial charge in [-0.3, -0.25) is 30.5 Å². The number of benzene rings is 2. The zero-order valence-electron chi connectivity index (χ0n) is 15.3. The number of nitrogens with one attached hydrogen (secondary N) is 2. The molecule has 0 spiro atoms. The molecule has 2 N–H and O–H groups in total. The summed E-state index contributed by atoms with van der Waals surface area (Å²) in [5.74, 6) is -0.918. The fourth-order valence-electron chi connectivity index (χ4n) is 2.32. The Balaban J connectivity index is 1.83. The molecule has 0 heterocycles. The van der Waals surface area contributed by atoms with Crippen molar-refractivity contribution in [3.63, 3.8) is 0 Å². The van der Waals surface area contributed by atoms with Gasteiger partial charge in [-0.15, -0.1) is 0 Å². The van der Waals surface area contributed by atoms with Gasteiger partial charge in [0.2, 0.25) is 11.8 Å². The number of nitrogens with zero attached hydrogens (tertiary/aromatic N) is 2. The van der Waals surface area contributed by atoms with Crippen LogP contribution < -0.4 is 10.9 Å². The van der Waals surface area contributed by atoms with E-state index in [1.807, 2.05) is 60.7 Å². The lowest BCUT2D eigenvalue weighted by Crippen LogP contribution is -2.46. The number of hydrogen-bond donors (Lipinski definition) is 2. The van der Waals surface area contributed by atoms with E-state index in [-0.39, 0.29) is 6.42 Å². The number of thiocarbonyl (C=S) groups is 1. The maximum Gasteiger partial charge on any atom is 0.248 e. The minimum absolute atomic E-state index is 0.339. The molecule has 0 unspecified atom stereocenters. The molecule has 2 aromatic rings. The third-order valence-corrected chi connectivity index (χ3v) is 4.25. The van der Waals surface area contributed by atoms with E-state index >= 15 is 0 Å². The maximum absolute atomic E-state index is 12.1. The Morgan fingerprint density at radius 2 is 1.30 bits per heavy atom. The molecule has 140 valence electrons. The summed E-state index contributed by atoms with van der Waals surface area (Å²) in [6.45, 7) is 3.95. The van der Waals surface area contributed by atoms with Gasteiger partial charge in [0.05, 0.1) is 5.70 Å². The van der Waals surface area contributed by atoms with Crippen LogP contribution in [0.25, 0.3) is 5.70 Å². The van der Waals surface area contributed by atoms with Crippen LogP contribution >= 0.6 is 12.2 Å². The van der Waals surface area contributed by atoms with Crippen molar-refractivity contribution in [3.8, 4) is 0 Å². The van der Waals surface area contributed by atoms with Gasteiger partial charge >= 0.3 is 0 Å². The normalized spacial score (nSPS) is 9.85. The molecule has 2 rings (SSSR count). The quantitative estimate of drug-likeness (QED) is 0.456. The van der Waals surface area contributed by atoms with Crippen molar-refractivity contribution in [2.24, 2.45) is 0 Å². The molecule has 0 aromatic heterocycles. The first-order chi connectivity index (χ1) is 12.9. The van der Waals surface area contributed by atoms with Crippen LogP contribution in [0.4, 0.5) is 0 Å². The molecule has 7 heteroatoms. The topological polar surface area (TPSA) is 64.7 Å². The van der Waals surface area contributed by atoms with E-state index in [1.54, 1.807) is 14.1 Å². The standard InChI is InChI=1S/C20H22N4O2S/c1-15(16-10-6-4-7-11-16)23(2)21-18(25)14-19(26)22-24(3)20(27)17-12-8-5-9-13-17/h4-13H,1,14H2,2-3H3,(H,21,25)(H,22,26). The van der Waals surface area contributed by atoms with Gasteiger partial charge in [0.1, 0.15) is 11.4 Å². The fraction of sp³-hybridized carbons (Fsp3) is 0.150. The Bertz CT molecular complexity index is 755. The van der Waals surface area contributed by atoms with Gasteiger partial charge in [-0.25, -0.2) is 0 Å². The van der Waals surface area contributed by atoms with Gasteiger partial charge in [0.25, 0.3) is 0 Å². The number of amides is 2. The second-order valence-corrected chi connectivity index (χ2v) is 6.24. The summed E-state index contributed by atoms with van der Waals surface area (Å²) in [4.78, 5) is 24.7. The Kier molecular flexibility index (Phi) is 7.08. The molecule has 0 fully saturated rings. The lowest BCUT2D eigenvalue weighted by atomic mass is 10.2. The van der Waals surface area contributed by atoms with E-state index in [1.165, 1.54) is 10.0 Å². The molecule has 0 radical (unpaired) electrons. The predicted octanol–water partition coefficient (Wildman–Crippen LogP) is 2.35. The van der Waals surface area contributed by atoms with E-state index in [0.717, 1.165) is 11.1 Å². The van der Waals surface area contributed by atoms with Gasteiger partial charge in [0, 0.05) is 19.7 Å². The highest BCUT2D eigenvalue weighted by Gasteiger charge is 2.15. The molecule has 0 saturated carbocycles. The lowest BCUT2D eigenvalue weighted by molar-refractivity contribution is -0.132. The maximum atomic E-state index is 12.1. The van der Waals surface area contributed by atoms with Gasteiger partial charge in [-0.05, 0) is 5.56 Å². The molecule has 0 aliphatic rings. The zero-order chi connectivity index (χ0) is 19.8. The first-order valence-electron chi connectivity index (χ1n) is 8.28. The fourth-order valence-corrected chi connectivity index (χ4v) is 2.50. The van der Waals surface area contributed by atoms with Crippen molar-refractivity contribution in [3.05, 3.63) is 78.4 Å². The first-order valence-corrected chi connectivity index (χ1v) is 8.69. The number of carbonyl (C=O) groups is 2. The molecule has 2 amide bonds. The molecular formula is C20H22N4O2S. The highest BCUT2D eigenvalue weighted by molar-refractivity contribution is 7.80. The largest absolute Gasteiger partial charge is 0.289 e. The van der Waals surface area contributed by atoms with E-state index in [4.69, 9.17) is 12.2 Å². The second-order valence-electron chi connectivity index (χ2n) is 5.85. The van der Waals surface area contributed by atoms with Gasteiger partial charge < -0.3 is 0 Å². The van der Waals surface area contributed by atoms with Crippen molar-refractivity contribution < 1.29 is 9.59 Å². The first kappa shape index (κ1) is 20.1. The van der Waals surface area contributed by atoms with E-state index in [9.17, 15) is 9.59 Å². The van der Waals surface area contributed by atoms with Crippen LogP contribution in [-0.4, -0.2) is 40.9 Å². The average molecular weight is 382 g/mol. The Hall–Kier alpha value is -3.19. The summed E-state index contributed by atoms with van der Waals surface area (Å²) in [6.07, 6.45) is -0.339. The van der Waals surface area contributed by atoms with Crippen LogP contribution in [0.5, 0.6) is 0 Å². The van der Waals surface area contributed by atoms with Crippen molar-refractivity contribution in [1.29, 1.82) is 0 Å². The number of hydrogen-bond acceptors (Lipinski definition) is 4. The smallest absolute Gasteiger partial charge is 0.248 e. The highest BCUT2D eigenvalue weighted by Crippen LogP contribution is 2.13. The summed E-state index contributed by atoms with van der Waals surface area (Å²) in [5, 5.41) is 2.91. The van der Waals surface area contributed by atoms with Crippen LogP contribution in [0.15, 0.2) is 67.2 Å². The van der Waals surface area contributed by atoms with Crippen LogP contribution in [0.3, 0.4) is 0 Å². The van der Waals surface area contributed by atoms with Crippen molar-refractivity contribution in [2.45, 2.75) is 6.42 Å². The van der Waals surface area contributed by atoms with Crippen LogP contribution in [0.2, 0.25) is 0 Å². The summed E-state index contributed by atoms with van der Waals surface area (Å²) >= 11 is 5.32. The third kappa shape index (κ3) is 5.93. The molecule has 0 atom stereocenters. The third-order valence-electron chi connectivity index (χ3n) is 3.74. The molecule has 0 aliphatic carbocycles. The minimum Gasteiger partial charge on any atom is -0.289 e. The highest BCUT2D eigenvalue weighted by atomic mass is 32.1. The summed E-state index contributed by atoms with van der Waals surface area (Å²) in [7, 11) is 3.30. The second kappa shape index (κ2) is 9.49. The molecular weight excluding hydrogens is 360 g/mol. The Morgan fingerprint density at radius 1 is 0.852 bits per heavy atom. The lowest BCUT2D eigenvalue weighted by Gasteiger charge is -2.23. The van der Waals surface area contributed by atoms with E-state index in [2.05, 4.69) is 17.4 Å². The Labute approximate surface area is 164 Å². The number of hydrazine groups is 2. The summed E-state index contributed by atoms with van der Waals surface area (Å²) in [6, 6.07) is 18.7. The molecule has 27 heavy (non-hydrogen) atoms. The molecule has 2 aromatic carbocycles. The molecule has 0 bridgehead atoms. The molecule has 0 aliphatic heterocycles. The van der Waals surface area contributed by atoms with Crippen LogP contribution in [0, 0.1) is 0 Å². The minimum atomic E-state index is -0.466. The van der Waals surface area contributed by atoms with Gasteiger partial charge in [0.15, 0.2) is 0 Å². The monoisotopic (exact) mass is 382 g/mol. The Morgan fingerprint density at radius 3 is 1.81 bits per heavy atom. The van der Waals surface area contributed by atoms with Crippen LogP contribution in [0.1, 0.15) is 17.5 Å². The van der Waals surface area contributed by atoms with E-state index in [0.29, 0.717) is 10.7 Å². The summed E-state index contributed by atoms with van der Waals surface area (Å²) in [5.41, 5.74) is 7.51. The van der Waals surface area contributed by atoms with Crippen molar-refractivity contribution in [1.82, 2.24) is 20.9 Å². The average Bonchev–Trinajstić information content (AvgIpc) is 2.67. The predicted molar refractivity (Wildman–Crippen MR) is 110 cm³/mol. The van der Waals surface area contributed by atoms with Crippen LogP contribution in [-0.2, 0) is 9.59 Å². The van der Waals surface area contributed by atoms with Crippen molar-refractivity contribution in [2.75, 3.05) is 14.1 Å². The SMILES string of the molecule is C=C(c1ccccc1)N(C)NC(=O)CC(=O)NN(C)C(=S)c1ccccc1. The van der Waals surface area contributed by atoms with Crippen molar-refractivity contribution >= 4 is 34.7 Å². The number of carbonyl (C=O) groups excluding carboxylic acids is 2. The van der Waals surface area contributed by atoms with Gasteiger partial charge in [-0.2, -0.15) is 0 Å². The van der Waals surface area contributed by atoms with E-state index < -0.39 is 11.8 Å². The summed E-state index contributed by atoms with van der Waals surface area (Å²) < 4.78 is 0. The number of rotatable bonds is 6. The van der Waals surface area contributed by atoms with Gasteiger partial charge in [-0.1, -0.05) is 79.5 Å². The molecule has 6 nitrogen and oxygen atoms in total. The zero-order valence-corrected chi connectivity index (χ0v) is 16.1. The molecule has 0 saturated heterocycles.